The van der Waals surface area contributed by atoms with Crippen molar-refractivity contribution in [3.8, 4) is 5.75 Å². The molecule has 1 aromatic heterocycles. The Morgan fingerprint density at radius 3 is 2.29 bits per heavy atom. The number of carbonyl (C=O) groups is 2. The summed E-state index contributed by atoms with van der Waals surface area (Å²) in [6.07, 6.45) is -3.11. The number of imide groups is 1. The lowest BCUT2D eigenvalue weighted by atomic mass is 9.97. The summed E-state index contributed by atoms with van der Waals surface area (Å²) in [6.45, 7) is 5.23. The van der Waals surface area contributed by atoms with Crippen LogP contribution in [0.15, 0.2) is 79.0 Å². The van der Waals surface area contributed by atoms with Crippen molar-refractivity contribution in [1.29, 1.82) is 0 Å². The molecule has 2 heterocycles. The van der Waals surface area contributed by atoms with Crippen LogP contribution in [0.1, 0.15) is 43.0 Å². The maximum absolute atomic E-state index is 14.4. The van der Waals surface area contributed by atoms with Gasteiger partial charge in [-0.2, -0.15) is 13.2 Å². The first-order valence-corrected chi connectivity index (χ1v) is 14.0. The van der Waals surface area contributed by atoms with Crippen LogP contribution in [0.25, 0.3) is 0 Å². The van der Waals surface area contributed by atoms with Gasteiger partial charge >= 0.3 is 12.2 Å². The number of urea groups is 1. The molecular weight excluding hydrogens is 595 g/mol. The molecule has 0 spiro atoms. The van der Waals surface area contributed by atoms with Crippen LogP contribution in [0, 0.1) is 11.6 Å². The van der Waals surface area contributed by atoms with Crippen LogP contribution in [0.3, 0.4) is 0 Å². The zero-order valence-electron chi connectivity index (χ0n) is 24.6. The summed E-state index contributed by atoms with van der Waals surface area (Å²) >= 11 is 0. The van der Waals surface area contributed by atoms with Crippen molar-refractivity contribution < 1.29 is 36.3 Å². The molecule has 45 heavy (non-hydrogen) atoms. The van der Waals surface area contributed by atoms with Crippen molar-refractivity contribution in [3.05, 3.63) is 113 Å². The number of aromatic nitrogens is 1. The van der Waals surface area contributed by atoms with Gasteiger partial charge in [-0.05, 0) is 98.5 Å². The number of pyridine rings is 1. The second kappa shape index (κ2) is 12.2. The van der Waals surface area contributed by atoms with Crippen LogP contribution in [0.5, 0.6) is 5.75 Å². The minimum Gasteiger partial charge on any atom is -0.492 e. The van der Waals surface area contributed by atoms with Gasteiger partial charge in [0.1, 0.15) is 28.7 Å². The normalized spacial score (nSPS) is 14.7. The van der Waals surface area contributed by atoms with E-state index in [1.165, 1.54) is 36.9 Å². The number of amides is 3. The monoisotopic (exact) mass is 624 g/mol. The highest BCUT2D eigenvalue weighted by Crippen LogP contribution is 2.38. The number of rotatable bonds is 9. The maximum Gasteiger partial charge on any atom is 0.419 e. The average molecular weight is 625 g/mol. The number of anilines is 3. The molecule has 5 rings (SSSR count). The number of benzene rings is 3. The lowest BCUT2D eigenvalue weighted by molar-refractivity contribution is -0.140. The number of hydrogen-bond donors (Lipinski definition) is 1. The standard InChI is InChI=1S/C33H29F5N4O3/c1-4-45-26-12-14-29(39-18-26)40-24-9-5-20(6-10-24)15-22-16-23(34)8-7-21(22)19-41-31(44)42(30(43)32(41,2)3)25-11-13-28(35)27(17-25)33(36,37)38/h5-14,16-18H,4,15,19H2,1-3H3,(H,39,40). The zero-order valence-corrected chi connectivity index (χ0v) is 24.6. The van der Waals surface area contributed by atoms with Gasteiger partial charge < -0.3 is 15.0 Å². The summed E-state index contributed by atoms with van der Waals surface area (Å²) < 4.78 is 73.8. The molecule has 7 nitrogen and oxygen atoms in total. The fraction of sp³-hybridized carbons (Fsp3) is 0.242. The van der Waals surface area contributed by atoms with Crippen LogP contribution >= 0.6 is 0 Å². The van der Waals surface area contributed by atoms with E-state index in [2.05, 4.69) is 10.3 Å². The largest absolute Gasteiger partial charge is 0.492 e. The Morgan fingerprint density at radius 1 is 0.911 bits per heavy atom. The number of hydrogen-bond acceptors (Lipinski definition) is 5. The molecule has 12 heteroatoms. The average Bonchev–Trinajstić information content (AvgIpc) is 3.15. The first-order chi connectivity index (χ1) is 21.3. The Kier molecular flexibility index (Phi) is 8.51. The molecule has 3 aromatic carbocycles. The highest BCUT2D eigenvalue weighted by Gasteiger charge is 2.52. The second-order valence-electron chi connectivity index (χ2n) is 11.0. The van der Waals surface area contributed by atoms with E-state index in [-0.39, 0.29) is 6.54 Å². The van der Waals surface area contributed by atoms with Gasteiger partial charge in [0, 0.05) is 12.2 Å². The van der Waals surface area contributed by atoms with Gasteiger partial charge in [0.25, 0.3) is 5.91 Å². The fourth-order valence-corrected chi connectivity index (χ4v) is 5.06. The minimum atomic E-state index is -5.02. The molecule has 0 atom stereocenters. The lowest BCUT2D eigenvalue weighted by Gasteiger charge is -2.28. The molecule has 0 bridgehead atoms. The number of ether oxygens (including phenoxy) is 1. The van der Waals surface area contributed by atoms with Gasteiger partial charge in [-0.1, -0.05) is 18.2 Å². The third kappa shape index (κ3) is 6.59. The molecule has 0 unspecified atom stereocenters. The Labute approximate surface area is 256 Å². The SMILES string of the molecule is CCOc1ccc(Nc2ccc(Cc3cc(F)ccc3CN3C(=O)N(c4ccc(F)c(C(F)(F)F)c4)C(=O)C3(C)C)cc2)nc1. The topological polar surface area (TPSA) is 74.8 Å². The number of halogens is 5. The molecule has 4 aromatic rings. The third-order valence-electron chi connectivity index (χ3n) is 7.50. The van der Waals surface area contributed by atoms with Gasteiger partial charge in [0.05, 0.1) is 24.1 Å². The molecule has 1 saturated heterocycles. The summed E-state index contributed by atoms with van der Waals surface area (Å²) in [6, 6.07) is 16.2. The first-order valence-electron chi connectivity index (χ1n) is 14.0. The Bertz CT molecular complexity index is 1720. The fourth-order valence-electron chi connectivity index (χ4n) is 5.06. The summed E-state index contributed by atoms with van der Waals surface area (Å²) in [7, 11) is 0. The van der Waals surface area contributed by atoms with E-state index in [4.69, 9.17) is 4.74 Å². The zero-order chi connectivity index (χ0) is 32.5. The Morgan fingerprint density at radius 2 is 1.64 bits per heavy atom. The van der Waals surface area contributed by atoms with E-state index in [1.54, 1.807) is 18.3 Å². The van der Waals surface area contributed by atoms with Crippen LogP contribution in [-0.4, -0.2) is 34.0 Å². The van der Waals surface area contributed by atoms with Crippen LogP contribution in [0.2, 0.25) is 0 Å². The second-order valence-corrected chi connectivity index (χ2v) is 11.0. The molecule has 0 saturated carbocycles. The predicted octanol–water partition coefficient (Wildman–Crippen LogP) is 7.86. The summed E-state index contributed by atoms with van der Waals surface area (Å²) in [4.78, 5) is 33.0. The van der Waals surface area contributed by atoms with E-state index in [1.807, 2.05) is 31.2 Å². The van der Waals surface area contributed by atoms with Crippen molar-refractivity contribution in [2.75, 3.05) is 16.8 Å². The van der Waals surface area contributed by atoms with E-state index < -0.39 is 46.5 Å². The third-order valence-corrected chi connectivity index (χ3v) is 7.50. The van der Waals surface area contributed by atoms with Crippen molar-refractivity contribution in [1.82, 2.24) is 9.88 Å². The van der Waals surface area contributed by atoms with Crippen LogP contribution < -0.4 is 15.0 Å². The van der Waals surface area contributed by atoms with E-state index in [9.17, 15) is 31.5 Å². The molecule has 1 N–H and O–H groups in total. The van der Waals surface area contributed by atoms with Gasteiger partial charge in [0.15, 0.2) is 0 Å². The van der Waals surface area contributed by atoms with Crippen molar-refractivity contribution >= 4 is 29.1 Å². The molecule has 1 aliphatic heterocycles. The summed E-state index contributed by atoms with van der Waals surface area (Å²) in [5.41, 5.74) is -0.743. The quantitative estimate of drug-likeness (QED) is 0.152. The molecule has 1 fully saturated rings. The molecular formula is C33H29F5N4O3. The van der Waals surface area contributed by atoms with E-state index in [0.29, 0.717) is 52.8 Å². The van der Waals surface area contributed by atoms with Gasteiger partial charge in [-0.3, -0.25) is 4.79 Å². The minimum absolute atomic E-state index is 0.125. The number of carbonyl (C=O) groups excluding carboxylic acids is 2. The molecule has 3 amide bonds. The molecule has 234 valence electrons. The smallest absolute Gasteiger partial charge is 0.419 e. The molecule has 0 aliphatic carbocycles. The van der Waals surface area contributed by atoms with Gasteiger partial charge in [-0.15, -0.1) is 0 Å². The van der Waals surface area contributed by atoms with Crippen LogP contribution in [-0.2, 0) is 23.9 Å². The van der Waals surface area contributed by atoms with Gasteiger partial charge in [0.2, 0.25) is 0 Å². The Balaban J connectivity index is 1.36. The number of nitrogens with one attached hydrogen (secondary N) is 1. The van der Waals surface area contributed by atoms with Crippen molar-refractivity contribution in [3.63, 3.8) is 0 Å². The summed E-state index contributed by atoms with van der Waals surface area (Å²) in [5, 5.41) is 3.19. The van der Waals surface area contributed by atoms with Gasteiger partial charge in [-0.25, -0.2) is 23.5 Å². The number of nitrogens with zero attached hydrogens (tertiary/aromatic N) is 3. The maximum atomic E-state index is 14.4. The van der Waals surface area contributed by atoms with E-state index in [0.717, 1.165) is 17.3 Å². The number of alkyl halides is 3. The highest BCUT2D eigenvalue weighted by molar-refractivity contribution is 6.23. The van der Waals surface area contributed by atoms with Crippen LogP contribution in [0.4, 0.5) is 43.9 Å². The van der Waals surface area contributed by atoms with Crippen molar-refractivity contribution in [2.45, 2.75) is 45.5 Å². The lowest BCUT2D eigenvalue weighted by Crippen LogP contribution is -2.43. The first kappa shape index (κ1) is 31.4. The van der Waals surface area contributed by atoms with Crippen molar-refractivity contribution in [2.24, 2.45) is 0 Å². The van der Waals surface area contributed by atoms with E-state index >= 15 is 0 Å². The molecule has 0 radical (unpaired) electrons. The highest BCUT2D eigenvalue weighted by atomic mass is 19.4. The summed E-state index contributed by atoms with van der Waals surface area (Å²) in [5.74, 6) is -1.51. The Hall–Kier alpha value is -5.00. The predicted molar refractivity (Wildman–Crippen MR) is 158 cm³/mol. The molecule has 1 aliphatic rings.